The van der Waals surface area contributed by atoms with Gasteiger partial charge in [0.2, 0.25) is 0 Å². The summed E-state index contributed by atoms with van der Waals surface area (Å²) >= 11 is 0. The molecule has 1 atom stereocenters. The van der Waals surface area contributed by atoms with Crippen molar-refractivity contribution >= 4 is 5.96 Å². The van der Waals surface area contributed by atoms with Gasteiger partial charge >= 0.3 is 0 Å². The number of hydrogen-bond acceptors (Lipinski definition) is 7. The van der Waals surface area contributed by atoms with Gasteiger partial charge in [-0.25, -0.2) is 0 Å². The molecule has 0 saturated carbocycles. The molecule has 1 unspecified atom stereocenters. The van der Waals surface area contributed by atoms with E-state index in [-0.39, 0.29) is 6.04 Å². The minimum Gasteiger partial charge on any atom is -0.496 e. The van der Waals surface area contributed by atoms with E-state index in [9.17, 15) is 0 Å². The highest BCUT2D eigenvalue weighted by Crippen LogP contribution is 2.31. The summed E-state index contributed by atoms with van der Waals surface area (Å²) in [6, 6.07) is 14.0. The van der Waals surface area contributed by atoms with E-state index >= 15 is 0 Å². The summed E-state index contributed by atoms with van der Waals surface area (Å²) in [6.07, 6.45) is 4.77. The smallest absolute Gasteiger partial charge is 0.276 e. The van der Waals surface area contributed by atoms with E-state index in [1.54, 1.807) is 20.4 Å². The summed E-state index contributed by atoms with van der Waals surface area (Å²) < 4.78 is 11.0. The first-order valence-electron chi connectivity index (χ1n) is 11.3. The van der Waals surface area contributed by atoms with E-state index in [4.69, 9.17) is 9.26 Å². The minimum atomic E-state index is 0.209. The molecule has 3 aromatic rings. The molecule has 2 aromatic heterocycles. The van der Waals surface area contributed by atoms with Crippen LogP contribution >= 0.6 is 0 Å². The van der Waals surface area contributed by atoms with Crippen LogP contribution < -0.4 is 15.4 Å². The number of hydrogen-bond donors (Lipinski definition) is 2. The van der Waals surface area contributed by atoms with Crippen molar-refractivity contribution in [2.45, 2.75) is 25.3 Å². The maximum absolute atomic E-state index is 5.64. The summed E-state index contributed by atoms with van der Waals surface area (Å²) in [5.41, 5.74) is 1.87. The second-order valence-corrected chi connectivity index (χ2v) is 7.86. The summed E-state index contributed by atoms with van der Waals surface area (Å²) in [7, 11) is 3.50. The Labute approximate surface area is 194 Å². The van der Waals surface area contributed by atoms with Gasteiger partial charge in [-0.05, 0) is 44.1 Å². The molecule has 0 bridgehead atoms. The predicted octanol–water partition coefficient (Wildman–Crippen LogP) is 2.68. The largest absolute Gasteiger partial charge is 0.496 e. The van der Waals surface area contributed by atoms with Gasteiger partial charge in [0, 0.05) is 38.3 Å². The maximum atomic E-state index is 5.64. The predicted molar refractivity (Wildman–Crippen MR) is 127 cm³/mol. The number of guanidine groups is 1. The molecule has 0 spiro atoms. The lowest BCUT2D eigenvalue weighted by Crippen LogP contribution is -2.43. The van der Waals surface area contributed by atoms with Crippen LogP contribution in [0, 0.1) is 0 Å². The van der Waals surface area contributed by atoms with Crippen molar-refractivity contribution in [1.82, 2.24) is 30.7 Å². The zero-order chi connectivity index (χ0) is 22.9. The van der Waals surface area contributed by atoms with Crippen LogP contribution in [-0.4, -0.2) is 66.3 Å². The molecule has 1 aliphatic rings. The third-order valence-corrected chi connectivity index (χ3v) is 5.76. The maximum Gasteiger partial charge on any atom is 0.276 e. The number of rotatable bonds is 9. The lowest BCUT2D eigenvalue weighted by atomic mass is 10.0. The van der Waals surface area contributed by atoms with E-state index in [2.05, 4.69) is 47.8 Å². The van der Waals surface area contributed by atoms with Gasteiger partial charge in [-0.2, -0.15) is 4.98 Å². The average Bonchev–Trinajstić information content (AvgIpc) is 3.57. The molecule has 0 radical (unpaired) electrons. The van der Waals surface area contributed by atoms with Crippen LogP contribution in [0.2, 0.25) is 0 Å². The van der Waals surface area contributed by atoms with Crippen LogP contribution in [0.15, 0.2) is 58.2 Å². The molecule has 2 N–H and O–H groups in total. The number of aromatic nitrogens is 3. The van der Waals surface area contributed by atoms with Crippen LogP contribution in [0.5, 0.6) is 5.75 Å². The second-order valence-electron chi connectivity index (χ2n) is 7.86. The Kier molecular flexibility index (Phi) is 7.86. The van der Waals surface area contributed by atoms with E-state index in [0.29, 0.717) is 30.4 Å². The standard InChI is InChI=1S/C24H31N7O2/c1-25-24(27-14-12-22-29-23(33-30-22)19-10-5-6-13-26-19)28-17-20(31-15-7-8-16-31)18-9-3-4-11-21(18)32-2/h3-6,9-11,13,20H,7-8,12,14-17H2,1-2H3,(H2,25,27,28). The van der Waals surface area contributed by atoms with Gasteiger partial charge in [-0.15, -0.1) is 0 Å². The van der Waals surface area contributed by atoms with Gasteiger partial charge in [-0.3, -0.25) is 14.9 Å². The van der Waals surface area contributed by atoms with Gasteiger partial charge in [0.05, 0.1) is 13.2 Å². The van der Waals surface area contributed by atoms with E-state index < -0.39 is 0 Å². The van der Waals surface area contributed by atoms with Crippen molar-refractivity contribution in [3.63, 3.8) is 0 Å². The molecule has 1 fully saturated rings. The first-order chi connectivity index (χ1) is 16.3. The summed E-state index contributed by atoms with van der Waals surface area (Å²) in [5.74, 6) is 2.71. The number of pyridine rings is 1. The second kappa shape index (κ2) is 11.4. The lowest BCUT2D eigenvalue weighted by Gasteiger charge is -2.30. The molecule has 3 heterocycles. The average molecular weight is 450 g/mol. The highest BCUT2D eigenvalue weighted by atomic mass is 16.5. The molecule has 9 heteroatoms. The van der Waals surface area contributed by atoms with Gasteiger partial charge in [-0.1, -0.05) is 29.4 Å². The number of nitrogens with one attached hydrogen (secondary N) is 2. The van der Waals surface area contributed by atoms with Crippen molar-refractivity contribution in [2.24, 2.45) is 4.99 Å². The van der Waals surface area contributed by atoms with Crippen molar-refractivity contribution in [3.05, 3.63) is 60.0 Å². The molecular weight excluding hydrogens is 418 g/mol. The van der Waals surface area contributed by atoms with E-state index in [1.807, 2.05) is 30.3 Å². The van der Waals surface area contributed by atoms with E-state index in [0.717, 1.165) is 31.3 Å². The van der Waals surface area contributed by atoms with Crippen LogP contribution in [0.4, 0.5) is 0 Å². The topological polar surface area (TPSA) is 101 Å². The lowest BCUT2D eigenvalue weighted by molar-refractivity contribution is 0.239. The Hall–Kier alpha value is -3.46. The summed E-state index contributed by atoms with van der Waals surface area (Å²) in [6.45, 7) is 3.54. The molecular formula is C24H31N7O2. The van der Waals surface area contributed by atoms with Gasteiger partial charge in [0.15, 0.2) is 11.8 Å². The number of ether oxygens (including phenoxy) is 1. The van der Waals surface area contributed by atoms with Crippen molar-refractivity contribution < 1.29 is 9.26 Å². The van der Waals surface area contributed by atoms with Crippen LogP contribution in [0.25, 0.3) is 11.6 Å². The third kappa shape index (κ3) is 5.87. The van der Waals surface area contributed by atoms with Crippen LogP contribution in [-0.2, 0) is 6.42 Å². The fourth-order valence-electron chi connectivity index (χ4n) is 4.09. The monoisotopic (exact) mass is 449 g/mol. The fraction of sp³-hybridized carbons (Fsp3) is 0.417. The molecule has 0 aliphatic carbocycles. The first-order valence-corrected chi connectivity index (χ1v) is 11.3. The molecule has 174 valence electrons. The highest BCUT2D eigenvalue weighted by Gasteiger charge is 2.26. The fourth-order valence-corrected chi connectivity index (χ4v) is 4.09. The zero-order valence-corrected chi connectivity index (χ0v) is 19.2. The van der Waals surface area contributed by atoms with Gasteiger partial charge in [0.25, 0.3) is 5.89 Å². The molecule has 33 heavy (non-hydrogen) atoms. The third-order valence-electron chi connectivity index (χ3n) is 5.76. The van der Waals surface area contributed by atoms with Gasteiger partial charge < -0.3 is 19.9 Å². The highest BCUT2D eigenvalue weighted by molar-refractivity contribution is 5.79. The normalized spacial score (nSPS) is 15.4. The Morgan fingerprint density at radius 2 is 1.97 bits per heavy atom. The Balaban J connectivity index is 1.33. The molecule has 9 nitrogen and oxygen atoms in total. The number of nitrogens with zero attached hydrogens (tertiary/aromatic N) is 5. The summed E-state index contributed by atoms with van der Waals surface area (Å²) in [4.78, 5) is 15.6. The van der Waals surface area contributed by atoms with Crippen LogP contribution in [0.3, 0.4) is 0 Å². The number of para-hydroxylation sites is 1. The molecule has 4 rings (SSSR count). The molecule has 1 aliphatic heterocycles. The Morgan fingerprint density at radius 3 is 2.73 bits per heavy atom. The summed E-state index contributed by atoms with van der Waals surface area (Å²) in [5, 5.41) is 10.9. The zero-order valence-electron chi connectivity index (χ0n) is 19.2. The number of aliphatic imine (C=N–C) groups is 1. The number of methoxy groups -OCH3 is 1. The Bertz CT molecular complexity index is 1030. The molecule has 1 saturated heterocycles. The molecule has 0 amide bonds. The van der Waals surface area contributed by atoms with Crippen molar-refractivity contribution in [3.8, 4) is 17.3 Å². The van der Waals surface area contributed by atoms with Crippen molar-refractivity contribution in [2.75, 3.05) is 40.3 Å². The van der Waals surface area contributed by atoms with Crippen LogP contribution in [0.1, 0.15) is 30.3 Å². The number of benzene rings is 1. The first kappa shape index (κ1) is 22.7. The number of likely N-dealkylation sites (tertiary alicyclic amines) is 1. The minimum absolute atomic E-state index is 0.209. The van der Waals surface area contributed by atoms with Gasteiger partial charge in [0.1, 0.15) is 11.4 Å². The van der Waals surface area contributed by atoms with Crippen molar-refractivity contribution in [1.29, 1.82) is 0 Å². The SMILES string of the molecule is CN=C(NCCc1noc(-c2ccccn2)n1)NCC(c1ccccc1OC)N1CCCC1. The Morgan fingerprint density at radius 1 is 1.15 bits per heavy atom. The van der Waals surface area contributed by atoms with E-state index in [1.165, 1.54) is 18.4 Å². The quantitative estimate of drug-likeness (QED) is 0.380. The molecule has 1 aromatic carbocycles.